The van der Waals surface area contributed by atoms with Gasteiger partial charge in [0.05, 0.1) is 0 Å². The van der Waals surface area contributed by atoms with Crippen molar-refractivity contribution >= 4 is 6.47 Å². The molecule has 0 spiro atoms. The molecule has 0 fully saturated rings. The summed E-state index contributed by atoms with van der Waals surface area (Å²) in [4.78, 5) is 9.94. The average molecular weight is 179 g/mol. The first-order chi connectivity index (χ1) is 6.36. The maximum atomic E-state index is 9.94. The van der Waals surface area contributed by atoms with Gasteiger partial charge in [0.1, 0.15) is 5.75 Å². The van der Waals surface area contributed by atoms with E-state index in [1.54, 1.807) is 12.1 Å². The molecule has 1 rings (SSSR count). The summed E-state index contributed by atoms with van der Waals surface area (Å²) in [6, 6.07) is 9.20. The van der Waals surface area contributed by atoms with Gasteiger partial charge in [-0.15, -0.1) is 0 Å². The van der Waals surface area contributed by atoms with Gasteiger partial charge in [-0.1, -0.05) is 25.1 Å². The molecule has 0 N–H and O–H groups in total. The minimum Gasteiger partial charge on any atom is -0.455 e. The van der Waals surface area contributed by atoms with E-state index < -0.39 is 6.29 Å². The highest BCUT2D eigenvalue weighted by atomic mass is 16.7. The first-order valence-electron chi connectivity index (χ1n) is 4.11. The molecule has 0 aliphatic rings. The van der Waals surface area contributed by atoms with Crippen LogP contribution in [0.2, 0.25) is 0 Å². The van der Waals surface area contributed by atoms with Crippen LogP contribution in [0.15, 0.2) is 30.3 Å². The Morgan fingerprint density at radius 2 is 2.08 bits per heavy atom. The van der Waals surface area contributed by atoms with Gasteiger partial charge in [-0.25, -0.2) is 4.79 Å². The van der Waals surface area contributed by atoms with E-state index in [1.165, 1.54) is 6.47 Å². The Morgan fingerprint density at radius 3 is 2.62 bits per heavy atom. The Hall–Kier alpha value is -1.51. The highest BCUT2D eigenvalue weighted by Gasteiger charge is 2.07. The Kier molecular flexibility index (Phi) is 3.82. The summed E-state index contributed by atoms with van der Waals surface area (Å²) in [6.45, 7) is 3.23. The molecule has 1 aromatic rings. The predicted molar refractivity (Wildman–Crippen MR) is 47.9 cm³/mol. The molecule has 0 aliphatic carbocycles. The maximum absolute atomic E-state index is 9.94. The van der Waals surface area contributed by atoms with Crippen LogP contribution >= 0.6 is 0 Å². The van der Waals surface area contributed by atoms with Crippen molar-refractivity contribution < 1.29 is 14.3 Å². The summed E-state index contributed by atoms with van der Waals surface area (Å²) >= 11 is 0. The molecule has 3 nitrogen and oxygen atoms in total. The second-order valence-electron chi connectivity index (χ2n) is 2.47. The van der Waals surface area contributed by atoms with Crippen LogP contribution in [0.1, 0.15) is 13.3 Å². The Balaban J connectivity index is 2.51. The molecule has 3 heteroatoms. The molecule has 0 saturated carbocycles. The zero-order valence-corrected chi connectivity index (χ0v) is 7.40. The van der Waals surface area contributed by atoms with E-state index in [0.717, 1.165) is 0 Å². The van der Waals surface area contributed by atoms with E-state index in [-0.39, 0.29) is 0 Å². The Labute approximate surface area is 77.3 Å². The number of benzene rings is 1. The quantitative estimate of drug-likeness (QED) is 0.647. The van der Waals surface area contributed by atoms with Gasteiger partial charge in [0.2, 0.25) is 6.29 Å². The fourth-order valence-corrected chi connectivity index (χ4v) is 0.895. The third-order valence-electron chi connectivity index (χ3n) is 1.52. The molecule has 13 heavy (non-hydrogen) atoms. The van der Waals surface area contributed by atoms with Crippen LogP contribution < -0.4 is 4.74 Å². The summed E-state index contributed by atoms with van der Waals surface area (Å²) in [5.74, 6) is 0.685. The molecule has 0 aromatic heterocycles. The summed E-state index contributed by atoms with van der Waals surface area (Å²) in [6.07, 6.45) is 0.0596. The van der Waals surface area contributed by atoms with Gasteiger partial charge in [-0.05, 0) is 12.1 Å². The van der Waals surface area contributed by atoms with Crippen molar-refractivity contribution in [1.82, 2.24) is 0 Å². The van der Waals surface area contributed by atoms with Gasteiger partial charge in [-0.2, -0.15) is 0 Å². The van der Waals surface area contributed by atoms with Gasteiger partial charge in [0.25, 0.3) is 0 Å². The fraction of sp³-hybridized carbons (Fsp3) is 0.300. The molecule has 1 unspecified atom stereocenters. The van der Waals surface area contributed by atoms with Gasteiger partial charge in [0.15, 0.2) is 0 Å². The standard InChI is InChI=1S/C10H11O3/c1-2-10(12-8-11)13-9-6-4-3-5-7-9/h3-7,10H,2H2,1H3. The molecule has 1 radical (unpaired) electrons. The summed E-state index contributed by atoms with van der Waals surface area (Å²) in [7, 11) is 0. The lowest BCUT2D eigenvalue weighted by atomic mass is 10.3. The summed E-state index contributed by atoms with van der Waals surface area (Å²) < 4.78 is 9.89. The second-order valence-corrected chi connectivity index (χ2v) is 2.47. The highest BCUT2D eigenvalue weighted by Crippen LogP contribution is 2.12. The Morgan fingerprint density at radius 1 is 1.38 bits per heavy atom. The number of carbonyl (C=O) groups excluding carboxylic acids is 1. The molecule has 1 aromatic carbocycles. The normalized spacial score (nSPS) is 11.8. The first-order valence-corrected chi connectivity index (χ1v) is 4.11. The lowest BCUT2D eigenvalue weighted by Crippen LogP contribution is -2.18. The maximum Gasteiger partial charge on any atom is 0.420 e. The minimum atomic E-state index is -0.542. The fourth-order valence-electron chi connectivity index (χ4n) is 0.895. The van der Waals surface area contributed by atoms with Crippen LogP contribution in [-0.4, -0.2) is 12.8 Å². The lowest BCUT2D eigenvalue weighted by molar-refractivity contribution is -0.00904. The first kappa shape index (κ1) is 9.58. The molecule has 69 valence electrons. The van der Waals surface area contributed by atoms with Crippen molar-refractivity contribution in [2.75, 3.05) is 0 Å². The molecule has 0 amide bonds. The molecule has 0 saturated heterocycles. The zero-order chi connectivity index (χ0) is 9.52. The lowest BCUT2D eigenvalue weighted by Gasteiger charge is -2.14. The van der Waals surface area contributed by atoms with E-state index in [0.29, 0.717) is 12.2 Å². The predicted octanol–water partition coefficient (Wildman–Crippen LogP) is 1.89. The van der Waals surface area contributed by atoms with Gasteiger partial charge < -0.3 is 9.47 Å². The van der Waals surface area contributed by atoms with E-state index in [1.807, 2.05) is 25.1 Å². The highest BCUT2D eigenvalue weighted by molar-refractivity contribution is 5.38. The second kappa shape index (κ2) is 5.19. The average Bonchev–Trinajstić information content (AvgIpc) is 2.19. The van der Waals surface area contributed by atoms with Crippen LogP contribution in [-0.2, 0) is 9.53 Å². The number of hydrogen-bond acceptors (Lipinski definition) is 3. The molecule has 0 heterocycles. The summed E-state index contributed by atoms with van der Waals surface area (Å²) in [5, 5.41) is 0. The third kappa shape index (κ3) is 3.15. The molecule has 0 bridgehead atoms. The summed E-state index contributed by atoms with van der Waals surface area (Å²) in [5.41, 5.74) is 0. The van der Waals surface area contributed by atoms with Crippen molar-refractivity contribution in [3.05, 3.63) is 30.3 Å². The molecule has 0 aliphatic heterocycles. The number of para-hydroxylation sites is 1. The van der Waals surface area contributed by atoms with Crippen molar-refractivity contribution in [1.29, 1.82) is 0 Å². The van der Waals surface area contributed by atoms with Crippen molar-refractivity contribution in [2.45, 2.75) is 19.6 Å². The number of rotatable bonds is 5. The van der Waals surface area contributed by atoms with Crippen LogP contribution in [0, 0.1) is 0 Å². The molecule has 1 atom stereocenters. The van der Waals surface area contributed by atoms with Crippen LogP contribution in [0.4, 0.5) is 0 Å². The Bertz CT molecular complexity index is 246. The number of ether oxygens (including phenoxy) is 2. The van der Waals surface area contributed by atoms with Crippen molar-refractivity contribution in [3.8, 4) is 5.75 Å². The van der Waals surface area contributed by atoms with E-state index >= 15 is 0 Å². The van der Waals surface area contributed by atoms with Gasteiger partial charge in [-0.3, -0.25) is 0 Å². The van der Waals surface area contributed by atoms with E-state index in [2.05, 4.69) is 4.74 Å². The van der Waals surface area contributed by atoms with Crippen molar-refractivity contribution in [2.24, 2.45) is 0 Å². The SMILES string of the molecule is CCC(O[C]=O)Oc1ccccc1. The minimum absolute atomic E-state index is 0.542. The van der Waals surface area contributed by atoms with E-state index in [9.17, 15) is 4.79 Å². The van der Waals surface area contributed by atoms with Gasteiger partial charge >= 0.3 is 6.47 Å². The zero-order valence-electron chi connectivity index (χ0n) is 7.40. The van der Waals surface area contributed by atoms with E-state index in [4.69, 9.17) is 4.74 Å². The van der Waals surface area contributed by atoms with Crippen LogP contribution in [0.25, 0.3) is 0 Å². The van der Waals surface area contributed by atoms with Crippen LogP contribution in [0.3, 0.4) is 0 Å². The number of hydrogen-bond donors (Lipinski definition) is 0. The van der Waals surface area contributed by atoms with Gasteiger partial charge in [0, 0.05) is 6.42 Å². The van der Waals surface area contributed by atoms with Crippen LogP contribution in [0.5, 0.6) is 5.75 Å². The topological polar surface area (TPSA) is 35.5 Å². The van der Waals surface area contributed by atoms with Crippen molar-refractivity contribution in [3.63, 3.8) is 0 Å². The smallest absolute Gasteiger partial charge is 0.420 e. The monoisotopic (exact) mass is 179 g/mol. The largest absolute Gasteiger partial charge is 0.455 e. The molecular weight excluding hydrogens is 168 g/mol. The molecular formula is C10H11O3. The third-order valence-corrected chi connectivity index (χ3v) is 1.52.